The van der Waals surface area contributed by atoms with Gasteiger partial charge in [0.2, 0.25) is 5.89 Å². The van der Waals surface area contributed by atoms with E-state index in [1.807, 2.05) is 63.9 Å². The van der Waals surface area contributed by atoms with Gasteiger partial charge in [-0.15, -0.1) is 24.0 Å². The summed E-state index contributed by atoms with van der Waals surface area (Å²) in [5, 5.41) is 7.29. The van der Waals surface area contributed by atoms with Gasteiger partial charge in [-0.05, 0) is 31.2 Å². The molecule has 1 N–H and O–H groups in total. The monoisotopic (exact) mass is 517 g/mol. The fraction of sp³-hybridized carbons (Fsp3) is 0.550. The van der Waals surface area contributed by atoms with E-state index in [1.54, 1.807) is 7.11 Å². The molecule has 9 heteroatoms. The largest absolute Gasteiger partial charge is 0.497 e. The normalized spacial score (nSPS) is 11.6. The molecule has 2 aromatic rings. The summed E-state index contributed by atoms with van der Waals surface area (Å²) in [7, 11) is 3.61. The van der Waals surface area contributed by atoms with Gasteiger partial charge in [0.15, 0.2) is 11.8 Å². The maximum atomic E-state index is 5.79. The van der Waals surface area contributed by atoms with Gasteiger partial charge < -0.3 is 24.2 Å². The Bertz CT molecular complexity index is 756. The summed E-state index contributed by atoms with van der Waals surface area (Å²) >= 11 is 0. The number of halogens is 1. The Morgan fingerprint density at radius 3 is 2.41 bits per heavy atom. The predicted octanol–water partition coefficient (Wildman–Crippen LogP) is 3.47. The molecule has 162 valence electrons. The first-order valence-corrected chi connectivity index (χ1v) is 9.43. The molecule has 0 radical (unpaired) electrons. The number of benzene rings is 1. The standard InChI is InChI=1S/C20H31N5O3.HI/c1-7-21-19(22-14-17-23-18(28-24-17)20(2,3)4)25(5)12-13-27-16-10-8-15(26-6)9-11-16;/h8-11H,7,12-14H2,1-6H3,(H,21,22);1H. The highest BCUT2D eigenvalue weighted by Gasteiger charge is 2.21. The number of rotatable bonds is 8. The Labute approximate surface area is 190 Å². The number of guanidine groups is 1. The zero-order valence-electron chi connectivity index (χ0n) is 18.1. The Balaban J connectivity index is 0.00000420. The lowest BCUT2D eigenvalue weighted by atomic mass is 9.97. The van der Waals surface area contributed by atoms with Gasteiger partial charge >= 0.3 is 0 Å². The number of ether oxygens (including phenoxy) is 2. The van der Waals surface area contributed by atoms with Crippen molar-refractivity contribution in [1.82, 2.24) is 20.4 Å². The molecule has 0 saturated carbocycles. The number of hydrogen-bond donors (Lipinski definition) is 1. The predicted molar refractivity (Wildman–Crippen MR) is 124 cm³/mol. The first kappa shape index (κ1) is 25.0. The number of aromatic nitrogens is 2. The minimum absolute atomic E-state index is 0. The number of likely N-dealkylation sites (N-methyl/N-ethyl adjacent to an activating group) is 1. The van der Waals surface area contributed by atoms with E-state index in [-0.39, 0.29) is 29.4 Å². The molecule has 0 spiro atoms. The molecule has 0 aliphatic rings. The minimum Gasteiger partial charge on any atom is -0.497 e. The Morgan fingerprint density at radius 1 is 1.21 bits per heavy atom. The van der Waals surface area contributed by atoms with E-state index in [1.165, 1.54) is 0 Å². The molecule has 2 rings (SSSR count). The van der Waals surface area contributed by atoms with Crippen LogP contribution in [-0.2, 0) is 12.0 Å². The van der Waals surface area contributed by atoms with Crippen molar-refractivity contribution < 1.29 is 14.0 Å². The smallest absolute Gasteiger partial charge is 0.232 e. The lowest BCUT2D eigenvalue weighted by molar-refractivity contribution is 0.281. The van der Waals surface area contributed by atoms with Crippen molar-refractivity contribution in [3.8, 4) is 11.5 Å². The van der Waals surface area contributed by atoms with Crippen molar-refractivity contribution in [2.24, 2.45) is 4.99 Å². The first-order chi connectivity index (χ1) is 13.3. The summed E-state index contributed by atoms with van der Waals surface area (Å²) in [5.74, 6) is 3.56. The van der Waals surface area contributed by atoms with Gasteiger partial charge in [0.1, 0.15) is 24.7 Å². The number of nitrogens with one attached hydrogen (secondary N) is 1. The molecule has 0 bridgehead atoms. The molecule has 1 aromatic carbocycles. The van der Waals surface area contributed by atoms with Crippen LogP contribution in [0.2, 0.25) is 0 Å². The molecule has 0 aliphatic carbocycles. The van der Waals surface area contributed by atoms with Gasteiger partial charge in [-0.1, -0.05) is 25.9 Å². The fourth-order valence-electron chi connectivity index (χ4n) is 2.32. The van der Waals surface area contributed by atoms with Crippen molar-refractivity contribution in [1.29, 1.82) is 0 Å². The minimum atomic E-state index is -0.172. The second-order valence-electron chi connectivity index (χ2n) is 7.38. The highest BCUT2D eigenvalue weighted by molar-refractivity contribution is 14.0. The van der Waals surface area contributed by atoms with Crippen LogP contribution in [0.3, 0.4) is 0 Å². The molecule has 0 atom stereocenters. The summed E-state index contributed by atoms with van der Waals surface area (Å²) in [6.07, 6.45) is 0. The lowest BCUT2D eigenvalue weighted by Crippen LogP contribution is -2.40. The van der Waals surface area contributed by atoms with Crippen LogP contribution in [0.1, 0.15) is 39.4 Å². The number of methoxy groups -OCH3 is 1. The maximum absolute atomic E-state index is 5.79. The summed E-state index contributed by atoms with van der Waals surface area (Å²) in [6, 6.07) is 7.53. The molecule has 29 heavy (non-hydrogen) atoms. The second kappa shape index (κ2) is 11.8. The highest BCUT2D eigenvalue weighted by Crippen LogP contribution is 2.20. The van der Waals surface area contributed by atoms with Crippen LogP contribution in [0.15, 0.2) is 33.8 Å². The Kier molecular flexibility index (Phi) is 10.2. The van der Waals surface area contributed by atoms with E-state index in [0.29, 0.717) is 31.4 Å². The maximum Gasteiger partial charge on any atom is 0.232 e. The van der Waals surface area contributed by atoms with Crippen LogP contribution in [0.5, 0.6) is 11.5 Å². The SMILES string of the molecule is CCNC(=NCc1noc(C(C)(C)C)n1)N(C)CCOc1ccc(OC)cc1.I. The number of nitrogens with zero attached hydrogens (tertiary/aromatic N) is 4. The molecular formula is C20H32IN5O3. The van der Waals surface area contributed by atoms with Gasteiger partial charge in [0.25, 0.3) is 0 Å². The van der Waals surface area contributed by atoms with Crippen LogP contribution < -0.4 is 14.8 Å². The molecule has 1 heterocycles. The van der Waals surface area contributed by atoms with Crippen LogP contribution in [0.4, 0.5) is 0 Å². The van der Waals surface area contributed by atoms with Crippen LogP contribution in [0.25, 0.3) is 0 Å². The van der Waals surface area contributed by atoms with Gasteiger partial charge in [-0.3, -0.25) is 0 Å². The van der Waals surface area contributed by atoms with E-state index in [0.717, 1.165) is 24.0 Å². The molecule has 0 unspecified atom stereocenters. The Hall–Kier alpha value is -2.04. The summed E-state index contributed by atoms with van der Waals surface area (Å²) in [5.41, 5.74) is -0.172. The average molecular weight is 517 g/mol. The Morgan fingerprint density at radius 2 is 1.86 bits per heavy atom. The van der Waals surface area contributed by atoms with Crippen molar-refractivity contribution in [3.05, 3.63) is 36.0 Å². The molecule has 1 aromatic heterocycles. The zero-order valence-corrected chi connectivity index (χ0v) is 20.4. The third kappa shape index (κ3) is 8.08. The van der Waals surface area contributed by atoms with Gasteiger partial charge in [0, 0.05) is 19.0 Å². The summed E-state index contributed by atoms with van der Waals surface area (Å²) < 4.78 is 16.3. The van der Waals surface area contributed by atoms with E-state index in [9.17, 15) is 0 Å². The molecular weight excluding hydrogens is 485 g/mol. The summed E-state index contributed by atoms with van der Waals surface area (Å²) in [6.45, 7) is 10.5. The topological polar surface area (TPSA) is 85.0 Å². The lowest BCUT2D eigenvalue weighted by Gasteiger charge is -2.22. The van der Waals surface area contributed by atoms with Gasteiger partial charge in [-0.2, -0.15) is 4.98 Å². The number of hydrogen-bond acceptors (Lipinski definition) is 6. The molecule has 0 saturated heterocycles. The quantitative estimate of drug-likeness (QED) is 0.326. The number of aliphatic imine (C=N–C) groups is 1. The van der Waals surface area contributed by atoms with Crippen LogP contribution >= 0.6 is 24.0 Å². The van der Waals surface area contributed by atoms with Gasteiger partial charge in [-0.25, -0.2) is 4.99 Å². The van der Waals surface area contributed by atoms with E-state index in [2.05, 4.69) is 20.4 Å². The van der Waals surface area contributed by atoms with E-state index < -0.39 is 0 Å². The third-order valence-corrected chi connectivity index (χ3v) is 3.93. The fourth-order valence-corrected chi connectivity index (χ4v) is 2.32. The molecule has 0 aliphatic heterocycles. The van der Waals surface area contributed by atoms with Crippen LogP contribution in [-0.4, -0.2) is 54.9 Å². The van der Waals surface area contributed by atoms with Crippen molar-refractivity contribution in [3.63, 3.8) is 0 Å². The van der Waals surface area contributed by atoms with Gasteiger partial charge in [0.05, 0.1) is 13.7 Å². The second-order valence-corrected chi connectivity index (χ2v) is 7.38. The van der Waals surface area contributed by atoms with E-state index >= 15 is 0 Å². The summed E-state index contributed by atoms with van der Waals surface area (Å²) in [4.78, 5) is 11.0. The molecule has 0 fully saturated rings. The van der Waals surface area contributed by atoms with Crippen molar-refractivity contribution >= 4 is 29.9 Å². The third-order valence-electron chi connectivity index (χ3n) is 3.93. The van der Waals surface area contributed by atoms with E-state index in [4.69, 9.17) is 14.0 Å². The highest BCUT2D eigenvalue weighted by atomic mass is 127. The van der Waals surface area contributed by atoms with Crippen molar-refractivity contribution in [2.45, 2.75) is 39.7 Å². The molecule has 0 amide bonds. The first-order valence-electron chi connectivity index (χ1n) is 9.43. The average Bonchev–Trinajstić information content (AvgIpc) is 3.15. The zero-order chi connectivity index (χ0) is 20.6. The van der Waals surface area contributed by atoms with Crippen molar-refractivity contribution in [2.75, 3.05) is 33.9 Å². The van der Waals surface area contributed by atoms with Crippen LogP contribution in [0, 0.1) is 0 Å². The molecule has 8 nitrogen and oxygen atoms in total.